The molecule has 0 aliphatic carbocycles. The zero-order chi connectivity index (χ0) is 68.4. The van der Waals surface area contributed by atoms with Gasteiger partial charge in [-0.25, -0.2) is 4.98 Å². The number of hydrogen-bond acceptors (Lipinski definition) is 3. The quantitative estimate of drug-likeness (QED) is 0.154. The highest BCUT2D eigenvalue weighted by Crippen LogP contribution is 2.48. The summed E-state index contributed by atoms with van der Waals surface area (Å²) in [7, 11) is -1.73. The van der Waals surface area contributed by atoms with E-state index in [1.165, 1.54) is 11.4 Å². The van der Waals surface area contributed by atoms with Crippen molar-refractivity contribution in [3.8, 4) is 78.6 Å². The van der Waals surface area contributed by atoms with Gasteiger partial charge in [0.2, 0.25) is 0 Å². The highest BCUT2D eigenvalue weighted by Gasteiger charge is 2.31. The van der Waals surface area contributed by atoms with E-state index in [4.69, 9.17) is 36.0 Å². The molecule has 4 nitrogen and oxygen atoms in total. The maximum atomic E-state index is 13.4. The van der Waals surface area contributed by atoms with Gasteiger partial charge in [-0.1, -0.05) is 217 Å². The summed E-state index contributed by atoms with van der Waals surface area (Å²) in [6.07, 6.45) is 1.40. The molecule has 1 N–H and O–H groups in total. The predicted molar refractivity (Wildman–Crippen MR) is 311 cm³/mol. The number of benzene rings is 7. The van der Waals surface area contributed by atoms with Crippen molar-refractivity contribution in [2.24, 2.45) is 0 Å². The predicted octanol–water partition coefficient (Wildman–Crippen LogP) is 17.9. The summed E-state index contributed by atoms with van der Waals surface area (Å²) in [4.78, 5) is 10.1. The van der Waals surface area contributed by atoms with Gasteiger partial charge in [-0.2, -0.15) is 0 Å². The van der Waals surface area contributed by atoms with Crippen LogP contribution in [0.5, 0.6) is 5.75 Å². The third kappa shape index (κ3) is 9.89. The number of phenolic OH excluding ortho intramolecular Hbond substituents is 1. The summed E-state index contributed by atoms with van der Waals surface area (Å²) in [5.74, 6) is -1.86. The Balaban J connectivity index is 1.55. The average Bonchev–Trinajstić information content (AvgIpc) is 0.829. The number of para-hydroxylation sites is 1. The maximum Gasteiger partial charge on any atom is 0.149 e. The van der Waals surface area contributed by atoms with Crippen LogP contribution in [0.2, 0.25) is 19.6 Å². The lowest BCUT2D eigenvalue weighted by Gasteiger charge is -2.28. The molecule has 72 heavy (non-hydrogen) atoms. The Morgan fingerprint density at radius 3 is 1.64 bits per heavy atom. The van der Waals surface area contributed by atoms with E-state index in [0.717, 1.165) is 17.2 Å². The normalized spacial score (nSPS) is 17.8. The van der Waals surface area contributed by atoms with Crippen LogP contribution in [0.15, 0.2) is 164 Å². The van der Waals surface area contributed by atoms with Gasteiger partial charge in [0.1, 0.15) is 11.6 Å². The molecule has 5 heteroatoms. The second kappa shape index (κ2) is 18.3. The third-order valence-corrected chi connectivity index (χ3v) is 15.4. The lowest BCUT2D eigenvalue weighted by molar-refractivity contribution is 0.446. The number of fused-ring (bicyclic) bond motifs is 1. The summed E-state index contributed by atoms with van der Waals surface area (Å²) < 4.78 is 181. The molecule has 0 saturated heterocycles. The van der Waals surface area contributed by atoms with Crippen LogP contribution in [0, 0.1) is 0 Å². The first-order valence-electron chi connectivity index (χ1n) is 34.0. The minimum absolute atomic E-state index is 0.0173. The maximum absolute atomic E-state index is 13.4. The first-order chi connectivity index (χ1) is 42.1. The zero-order valence-corrected chi connectivity index (χ0v) is 43.2. The van der Waals surface area contributed by atoms with E-state index in [1.807, 2.05) is 151 Å². The van der Waals surface area contributed by atoms with E-state index in [-0.39, 0.29) is 28.8 Å². The second-order valence-electron chi connectivity index (χ2n) is 21.9. The van der Waals surface area contributed by atoms with Crippen LogP contribution in [0.3, 0.4) is 0 Å². The number of aromatic hydroxyl groups is 1. The summed E-state index contributed by atoms with van der Waals surface area (Å²) in [6.45, 7) is -6.10. The SMILES string of the molecule is [2H]c1cnc(-c2cc(-c3cccc4c3nc(-c3cc(C(C([2H])([2H])[2H])(C([2H])([2H])[2H])C([2H])([2H])[2H])cc(C(C([2H])([2H])[2H])(C([2H])([2H])[2H])C([2H])([2H])[2H])c3O)n4-c3c(-c4ccccc4)cc(C(C)(C)C)cc3-c3ccccc3)cc(C(C)(C)C)c2)c([2H])c1-c1ccc([Si](C)(C)C)cc1. The molecule has 0 unspecified atom stereocenters. The van der Waals surface area contributed by atoms with E-state index in [9.17, 15) is 6.48 Å². The van der Waals surface area contributed by atoms with Crippen LogP contribution in [0.25, 0.3) is 83.9 Å². The van der Waals surface area contributed by atoms with Gasteiger partial charge in [-0.3, -0.25) is 9.55 Å². The van der Waals surface area contributed by atoms with Crippen LogP contribution >= 0.6 is 0 Å². The van der Waals surface area contributed by atoms with E-state index < -0.39 is 99.1 Å². The minimum atomic E-state index is -4.20. The van der Waals surface area contributed by atoms with Gasteiger partial charge in [-0.15, -0.1) is 0 Å². The standard InChI is InChI=1S/C67H73N3OSi/c1-64(2,3)49-36-47(35-48(37-49)58-38-46(33-34-68-58)43-29-31-52(32-30-43)72(13,14)15)53-27-22-28-59-60(53)69-63(56-41-51(66(7,8)9)42-57(62(56)71)67(10,11)12)70(59)61-54(44-23-18-16-19-24-44)39-50(65(4,5)6)40-55(61)45-25-20-17-21-26-45/h16-42,71H,1-15H3/i7D3,8D3,9D3,10D3,11D3,12D3,33D,38D. The van der Waals surface area contributed by atoms with Crippen molar-refractivity contribution in [2.75, 3.05) is 0 Å². The summed E-state index contributed by atoms with van der Waals surface area (Å²) in [5.41, 5.74) is -5.93. The minimum Gasteiger partial charge on any atom is -0.507 e. The second-order valence-corrected chi connectivity index (χ2v) is 27.0. The highest BCUT2D eigenvalue weighted by atomic mass is 28.3. The number of imidazole rings is 1. The molecular formula is C67H73N3OSi. The van der Waals surface area contributed by atoms with Crippen LogP contribution in [-0.4, -0.2) is 27.7 Å². The number of aromatic nitrogens is 3. The van der Waals surface area contributed by atoms with E-state index >= 15 is 0 Å². The molecule has 9 rings (SSSR count). The van der Waals surface area contributed by atoms with E-state index in [0.29, 0.717) is 61.8 Å². The Morgan fingerprint density at radius 1 is 0.514 bits per heavy atom. The summed E-state index contributed by atoms with van der Waals surface area (Å²) in [6, 6.07) is 41.9. The topological polar surface area (TPSA) is 50.9 Å². The van der Waals surface area contributed by atoms with Gasteiger partial charge in [0.05, 0.1) is 38.8 Å². The van der Waals surface area contributed by atoms with E-state index in [1.54, 1.807) is 28.8 Å². The van der Waals surface area contributed by atoms with Gasteiger partial charge < -0.3 is 5.11 Å². The molecule has 0 spiro atoms. The van der Waals surface area contributed by atoms with Gasteiger partial charge in [0, 0.05) is 58.7 Å². The molecule has 9 aromatic rings. The van der Waals surface area contributed by atoms with Gasteiger partial charge in [-0.05, 0) is 115 Å². The number of rotatable bonds is 8. The monoisotopic (exact) mass is 984 g/mol. The number of hydrogen-bond donors (Lipinski definition) is 1. The van der Waals surface area contributed by atoms with Crippen molar-refractivity contribution in [1.29, 1.82) is 0 Å². The van der Waals surface area contributed by atoms with E-state index in [2.05, 4.69) is 19.6 Å². The number of pyridine rings is 1. The van der Waals surface area contributed by atoms with Crippen molar-refractivity contribution >= 4 is 24.3 Å². The molecule has 0 aliphatic rings. The number of phenols is 1. The Labute approximate surface area is 459 Å². The first kappa shape index (κ1) is 30.9. The fraction of sp³-hybridized carbons (Fsp3) is 0.284. The molecule has 0 saturated carbocycles. The largest absolute Gasteiger partial charge is 0.507 e. The zero-order valence-electron chi connectivity index (χ0n) is 62.2. The summed E-state index contributed by atoms with van der Waals surface area (Å²) in [5, 5.41) is 14.6. The molecule has 2 heterocycles. The van der Waals surface area contributed by atoms with Crippen molar-refractivity contribution in [1.82, 2.24) is 14.5 Å². The smallest absolute Gasteiger partial charge is 0.149 e. The lowest BCUT2D eigenvalue weighted by Crippen LogP contribution is -2.37. The molecule has 0 bridgehead atoms. The molecule has 366 valence electrons. The molecular weight excluding hydrogens is 891 g/mol. The van der Waals surface area contributed by atoms with Crippen molar-refractivity contribution < 1.29 is 32.5 Å². The highest BCUT2D eigenvalue weighted by molar-refractivity contribution is 6.88. The molecule has 0 atom stereocenters. The Kier molecular flexibility index (Phi) is 7.88. The van der Waals surface area contributed by atoms with Gasteiger partial charge in [0.15, 0.2) is 0 Å². The molecule has 2 aromatic heterocycles. The Bertz CT molecular complexity index is 4140. The average molecular weight is 985 g/mol. The summed E-state index contributed by atoms with van der Waals surface area (Å²) >= 11 is 0. The van der Waals surface area contributed by atoms with Crippen molar-refractivity contribution in [3.63, 3.8) is 0 Å². The van der Waals surface area contributed by atoms with Gasteiger partial charge >= 0.3 is 0 Å². The van der Waals surface area contributed by atoms with Crippen LogP contribution < -0.4 is 5.19 Å². The van der Waals surface area contributed by atoms with Crippen LogP contribution in [-0.2, 0) is 21.7 Å². The van der Waals surface area contributed by atoms with Crippen LogP contribution in [0.4, 0.5) is 0 Å². The van der Waals surface area contributed by atoms with Crippen molar-refractivity contribution in [2.45, 2.75) is 124 Å². The fourth-order valence-corrected chi connectivity index (χ4v) is 10.3. The molecule has 0 fully saturated rings. The Morgan fingerprint density at radius 2 is 1.07 bits per heavy atom. The number of nitrogens with zero attached hydrogens (tertiary/aromatic N) is 3. The van der Waals surface area contributed by atoms with Crippen LogP contribution in [0.1, 0.15) is 132 Å². The Hall–Kier alpha value is -6.82. The lowest BCUT2D eigenvalue weighted by atomic mass is 9.78. The fourth-order valence-electron chi connectivity index (χ4n) is 9.17. The van der Waals surface area contributed by atoms with Crippen molar-refractivity contribution in [3.05, 3.63) is 186 Å². The van der Waals surface area contributed by atoms with Gasteiger partial charge in [0.25, 0.3) is 0 Å². The molecule has 0 amide bonds. The molecule has 0 radical (unpaired) electrons. The third-order valence-electron chi connectivity index (χ3n) is 13.3. The first-order valence-corrected chi connectivity index (χ1v) is 27.5. The molecule has 7 aromatic carbocycles. The molecule has 0 aliphatic heterocycles.